The summed E-state index contributed by atoms with van der Waals surface area (Å²) >= 11 is 6.37. The van der Waals surface area contributed by atoms with Crippen LogP contribution in [0.15, 0.2) is 53.5 Å². The van der Waals surface area contributed by atoms with Crippen LogP contribution < -0.4 is 10.2 Å². The summed E-state index contributed by atoms with van der Waals surface area (Å²) in [6.07, 6.45) is 1.64. The molecule has 2 aliphatic rings. The Labute approximate surface area is 212 Å². The number of carbonyl (C=O) groups excluding carboxylic acids is 1. The molecule has 0 bridgehead atoms. The largest absolute Gasteiger partial charge is 0.367 e. The number of halogens is 2. The zero-order chi connectivity index (χ0) is 21.6. The van der Waals surface area contributed by atoms with Gasteiger partial charge >= 0.3 is 0 Å². The molecule has 8 heteroatoms. The first-order valence-electron chi connectivity index (χ1n) is 11.0. The number of amides is 1. The molecule has 2 heterocycles. The Kier molecular flexibility index (Phi) is 9.04. The Hall–Kier alpha value is -2.00. The lowest BCUT2D eigenvalue weighted by atomic mass is 10.1. The molecule has 0 unspecified atom stereocenters. The number of hydrogen-bond donors (Lipinski definition) is 1. The van der Waals surface area contributed by atoms with Gasteiger partial charge in [-0.05, 0) is 29.7 Å². The normalized spacial score (nSPS) is 16.9. The second-order valence-electron chi connectivity index (χ2n) is 8.01. The van der Waals surface area contributed by atoms with Crippen molar-refractivity contribution in [3.63, 3.8) is 0 Å². The number of benzene rings is 2. The molecule has 0 aliphatic carbocycles. The maximum absolute atomic E-state index is 12.0. The van der Waals surface area contributed by atoms with Crippen molar-refractivity contribution in [2.45, 2.75) is 25.9 Å². The molecule has 172 valence electrons. The molecule has 0 atom stereocenters. The van der Waals surface area contributed by atoms with E-state index in [0.717, 1.165) is 55.8 Å². The average molecular weight is 568 g/mol. The van der Waals surface area contributed by atoms with Crippen LogP contribution in [0.1, 0.15) is 24.0 Å². The van der Waals surface area contributed by atoms with Crippen molar-refractivity contribution in [1.82, 2.24) is 15.1 Å². The first-order valence-corrected chi connectivity index (χ1v) is 11.3. The number of hydrogen-bond acceptors (Lipinski definition) is 3. The van der Waals surface area contributed by atoms with Crippen LogP contribution in [0, 0.1) is 0 Å². The molecule has 32 heavy (non-hydrogen) atoms. The number of piperazine rings is 1. The number of para-hydroxylation sites is 1. The molecule has 6 nitrogen and oxygen atoms in total. The number of anilines is 1. The van der Waals surface area contributed by atoms with E-state index >= 15 is 0 Å². The molecule has 2 saturated heterocycles. The highest BCUT2D eigenvalue weighted by atomic mass is 127. The van der Waals surface area contributed by atoms with E-state index in [2.05, 4.69) is 44.4 Å². The van der Waals surface area contributed by atoms with Crippen molar-refractivity contribution in [3.8, 4) is 0 Å². The van der Waals surface area contributed by atoms with Crippen molar-refractivity contribution >= 4 is 53.1 Å². The van der Waals surface area contributed by atoms with Gasteiger partial charge in [0, 0.05) is 59.3 Å². The Morgan fingerprint density at radius 1 is 1.00 bits per heavy atom. The summed E-state index contributed by atoms with van der Waals surface area (Å²) in [5.74, 6) is 1.17. The molecule has 2 aliphatic heterocycles. The third-order valence-corrected chi connectivity index (χ3v) is 6.39. The van der Waals surface area contributed by atoms with Crippen LogP contribution in [0.2, 0.25) is 5.02 Å². The Morgan fingerprint density at radius 2 is 1.69 bits per heavy atom. The minimum absolute atomic E-state index is 0. The van der Waals surface area contributed by atoms with Gasteiger partial charge in [-0.25, -0.2) is 0 Å². The fourth-order valence-corrected chi connectivity index (χ4v) is 4.59. The van der Waals surface area contributed by atoms with E-state index in [9.17, 15) is 4.79 Å². The number of guanidine groups is 1. The summed E-state index contributed by atoms with van der Waals surface area (Å²) in [5, 5.41) is 4.32. The third kappa shape index (κ3) is 5.86. The van der Waals surface area contributed by atoms with Crippen LogP contribution in [-0.2, 0) is 17.9 Å². The fourth-order valence-electron chi connectivity index (χ4n) is 4.33. The van der Waals surface area contributed by atoms with Crippen molar-refractivity contribution in [2.75, 3.05) is 44.7 Å². The third-order valence-electron chi connectivity index (χ3n) is 6.07. The first kappa shape index (κ1) is 24.6. The number of rotatable bonds is 5. The zero-order valence-electron chi connectivity index (χ0n) is 18.5. The fraction of sp³-hybridized carbons (Fsp3) is 0.417. The Morgan fingerprint density at radius 3 is 2.34 bits per heavy atom. The lowest BCUT2D eigenvalue weighted by Gasteiger charge is -2.38. The van der Waals surface area contributed by atoms with Crippen LogP contribution in [0.25, 0.3) is 0 Å². The lowest BCUT2D eigenvalue weighted by molar-refractivity contribution is -0.128. The monoisotopic (exact) mass is 567 g/mol. The van der Waals surface area contributed by atoms with Gasteiger partial charge in [-0.1, -0.05) is 48.0 Å². The number of likely N-dealkylation sites (tertiary alicyclic amines) is 1. The predicted molar refractivity (Wildman–Crippen MR) is 142 cm³/mol. The Bertz CT molecular complexity index is 945. The summed E-state index contributed by atoms with van der Waals surface area (Å²) in [5.41, 5.74) is 3.50. The van der Waals surface area contributed by atoms with Gasteiger partial charge in [-0.15, -0.1) is 24.0 Å². The molecule has 1 N–H and O–H groups in total. The minimum Gasteiger partial charge on any atom is -0.367 e. The minimum atomic E-state index is 0. The summed E-state index contributed by atoms with van der Waals surface area (Å²) in [7, 11) is 1.83. The highest BCUT2D eigenvalue weighted by Crippen LogP contribution is 2.26. The van der Waals surface area contributed by atoms with Crippen LogP contribution in [-0.4, -0.2) is 61.4 Å². The molecule has 0 spiro atoms. The van der Waals surface area contributed by atoms with Crippen molar-refractivity contribution < 1.29 is 4.79 Å². The van der Waals surface area contributed by atoms with Crippen molar-refractivity contribution in [1.29, 1.82) is 0 Å². The molecule has 0 radical (unpaired) electrons. The molecule has 2 aromatic rings. The molecular weight excluding hydrogens is 537 g/mol. The van der Waals surface area contributed by atoms with Crippen LogP contribution in [0.3, 0.4) is 0 Å². The van der Waals surface area contributed by atoms with Crippen molar-refractivity contribution in [2.24, 2.45) is 4.99 Å². The molecule has 2 fully saturated rings. The maximum atomic E-state index is 12.0. The summed E-state index contributed by atoms with van der Waals surface area (Å²) in [6.45, 7) is 5.80. The summed E-state index contributed by atoms with van der Waals surface area (Å²) < 4.78 is 0. The number of carbonyl (C=O) groups is 1. The average Bonchev–Trinajstić information content (AvgIpc) is 3.20. The predicted octanol–water partition coefficient (Wildman–Crippen LogP) is 3.98. The lowest BCUT2D eigenvalue weighted by Crippen LogP contribution is -2.52. The first-order chi connectivity index (χ1) is 15.2. The second-order valence-corrected chi connectivity index (χ2v) is 8.42. The van der Waals surface area contributed by atoms with E-state index in [4.69, 9.17) is 11.6 Å². The Balaban J connectivity index is 0.00000289. The smallest absolute Gasteiger partial charge is 0.222 e. The standard InChI is InChI=1S/C24H30ClN5O.HI/c1-26-24(29-15-13-28(14-16-29)22-10-5-4-9-21(22)25)27-17-19-7-2-3-8-20(19)18-30-12-6-11-23(30)31;/h2-5,7-10H,6,11-18H2,1H3,(H,26,27);1H. The van der Waals surface area contributed by atoms with E-state index in [1.54, 1.807) is 0 Å². The van der Waals surface area contributed by atoms with Gasteiger partial charge in [-0.3, -0.25) is 9.79 Å². The summed E-state index contributed by atoms with van der Waals surface area (Å²) in [6, 6.07) is 16.4. The van der Waals surface area contributed by atoms with Gasteiger partial charge < -0.3 is 20.0 Å². The van der Waals surface area contributed by atoms with Crippen LogP contribution in [0.5, 0.6) is 0 Å². The van der Waals surface area contributed by atoms with E-state index in [1.165, 1.54) is 11.1 Å². The van der Waals surface area contributed by atoms with Crippen LogP contribution >= 0.6 is 35.6 Å². The molecular formula is C24H31ClIN5O. The number of nitrogens with zero attached hydrogens (tertiary/aromatic N) is 4. The van der Waals surface area contributed by atoms with Gasteiger partial charge in [-0.2, -0.15) is 0 Å². The highest BCUT2D eigenvalue weighted by molar-refractivity contribution is 14.0. The van der Waals surface area contributed by atoms with Crippen LogP contribution in [0.4, 0.5) is 5.69 Å². The molecule has 0 aromatic heterocycles. The molecule has 0 saturated carbocycles. The van der Waals surface area contributed by atoms with E-state index in [0.29, 0.717) is 19.5 Å². The molecule has 4 rings (SSSR count). The van der Waals surface area contributed by atoms with Gasteiger partial charge in [0.1, 0.15) is 0 Å². The van der Waals surface area contributed by atoms with E-state index in [1.807, 2.05) is 36.2 Å². The van der Waals surface area contributed by atoms with E-state index < -0.39 is 0 Å². The highest BCUT2D eigenvalue weighted by Gasteiger charge is 2.22. The zero-order valence-corrected chi connectivity index (χ0v) is 21.6. The van der Waals surface area contributed by atoms with Gasteiger partial charge in [0.25, 0.3) is 0 Å². The molecule has 2 aromatic carbocycles. The number of nitrogens with one attached hydrogen (secondary N) is 1. The summed E-state index contributed by atoms with van der Waals surface area (Å²) in [4.78, 5) is 23.1. The van der Waals surface area contributed by atoms with Crippen molar-refractivity contribution in [3.05, 3.63) is 64.7 Å². The SMILES string of the molecule is CN=C(NCc1ccccc1CN1CCCC1=O)N1CCN(c2ccccc2Cl)CC1.I. The topological polar surface area (TPSA) is 51.2 Å². The van der Waals surface area contributed by atoms with Gasteiger partial charge in [0.2, 0.25) is 5.91 Å². The second kappa shape index (κ2) is 11.7. The van der Waals surface area contributed by atoms with Gasteiger partial charge in [0.05, 0.1) is 10.7 Å². The number of aliphatic imine (C=N–C) groups is 1. The maximum Gasteiger partial charge on any atom is 0.222 e. The van der Waals surface area contributed by atoms with E-state index in [-0.39, 0.29) is 29.9 Å². The molecule has 1 amide bonds. The van der Waals surface area contributed by atoms with Gasteiger partial charge in [0.15, 0.2) is 5.96 Å². The quantitative estimate of drug-likeness (QED) is 0.338.